The Morgan fingerprint density at radius 2 is 1.72 bits per heavy atom. The van der Waals surface area contributed by atoms with Gasteiger partial charge in [-0.2, -0.15) is 0 Å². The number of hydrogen-bond acceptors (Lipinski definition) is 3. The van der Waals surface area contributed by atoms with Gasteiger partial charge < -0.3 is 20.9 Å². The molecule has 2 aliphatic rings. The van der Waals surface area contributed by atoms with Crippen LogP contribution >= 0.6 is 0 Å². The minimum absolute atomic E-state index is 0.0137. The van der Waals surface area contributed by atoms with E-state index < -0.39 is 0 Å². The molecule has 0 radical (unpaired) electrons. The van der Waals surface area contributed by atoms with Crippen molar-refractivity contribution in [3.8, 4) is 0 Å². The summed E-state index contributed by atoms with van der Waals surface area (Å²) in [5.41, 5.74) is 0.772. The van der Waals surface area contributed by atoms with E-state index in [1.54, 1.807) is 4.90 Å². The number of hydrogen-bond donors (Lipinski definition) is 3. The topological polar surface area (TPSA) is 90.5 Å². The molecular formula is C22H32N4O3. The van der Waals surface area contributed by atoms with Crippen molar-refractivity contribution in [3.63, 3.8) is 0 Å². The summed E-state index contributed by atoms with van der Waals surface area (Å²) >= 11 is 0. The lowest BCUT2D eigenvalue weighted by atomic mass is 9.96. The van der Waals surface area contributed by atoms with E-state index in [-0.39, 0.29) is 36.2 Å². The standard InChI is InChI=1S/C22H32N4O3/c27-20(13-14-23-22(29)25-19-11-5-2-6-12-19)26-15-7-8-17(16-26)21(28)24-18-9-3-1-4-10-18/h1,3-4,9-10,17,19H,2,5-8,11-16H2,(H,24,28)(H2,23,25,29)/t17-/m0/s1. The van der Waals surface area contributed by atoms with E-state index in [0.717, 1.165) is 44.2 Å². The first-order chi connectivity index (χ1) is 14.1. The van der Waals surface area contributed by atoms with Gasteiger partial charge in [-0.05, 0) is 37.8 Å². The summed E-state index contributed by atoms with van der Waals surface area (Å²) < 4.78 is 0. The summed E-state index contributed by atoms with van der Waals surface area (Å²) in [6, 6.07) is 9.43. The Hall–Kier alpha value is -2.57. The number of nitrogens with one attached hydrogen (secondary N) is 3. The number of amides is 4. The van der Waals surface area contributed by atoms with Crippen LogP contribution in [-0.2, 0) is 9.59 Å². The molecule has 1 heterocycles. The Kier molecular flexibility index (Phi) is 7.90. The van der Waals surface area contributed by atoms with Gasteiger partial charge in [0, 0.05) is 37.8 Å². The summed E-state index contributed by atoms with van der Waals surface area (Å²) in [6.45, 7) is 1.42. The molecule has 0 aromatic heterocycles. The highest BCUT2D eigenvalue weighted by Crippen LogP contribution is 2.19. The van der Waals surface area contributed by atoms with Crippen LogP contribution in [0.25, 0.3) is 0 Å². The zero-order valence-electron chi connectivity index (χ0n) is 17.0. The minimum Gasteiger partial charge on any atom is -0.342 e. The van der Waals surface area contributed by atoms with E-state index in [1.807, 2.05) is 30.3 Å². The molecular weight excluding hydrogens is 368 g/mol. The second-order valence-electron chi connectivity index (χ2n) is 8.02. The molecule has 1 aliphatic heterocycles. The molecule has 1 atom stereocenters. The van der Waals surface area contributed by atoms with Crippen LogP contribution < -0.4 is 16.0 Å². The van der Waals surface area contributed by atoms with Gasteiger partial charge >= 0.3 is 6.03 Å². The monoisotopic (exact) mass is 400 g/mol. The van der Waals surface area contributed by atoms with Gasteiger partial charge in [-0.1, -0.05) is 37.5 Å². The Balaban J connectivity index is 1.37. The number of rotatable bonds is 6. The number of likely N-dealkylation sites (tertiary alicyclic amines) is 1. The molecule has 3 N–H and O–H groups in total. The summed E-state index contributed by atoms with van der Waals surface area (Å²) in [6.07, 6.45) is 7.49. The zero-order valence-corrected chi connectivity index (χ0v) is 17.0. The van der Waals surface area contributed by atoms with Gasteiger partial charge in [-0.15, -0.1) is 0 Å². The van der Waals surface area contributed by atoms with Crippen LogP contribution in [-0.4, -0.2) is 48.4 Å². The van der Waals surface area contributed by atoms with Gasteiger partial charge in [-0.3, -0.25) is 9.59 Å². The smallest absolute Gasteiger partial charge is 0.315 e. The highest BCUT2D eigenvalue weighted by molar-refractivity contribution is 5.93. The molecule has 7 nitrogen and oxygen atoms in total. The lowest BCUT2D eigenvalue weighted by molar-refractivity contribution is -0.134. The summed E-state index contributed by atoms with van der Waals surface area (Å²) in [5, 5.41) is 8.70. The van der Waals surface area contributed by atoms with Crippen molar-refractivity contribution in [2.24, 2.45) is 5.92 Å². The fourth-order valence-corrected chi connectivity index (χ4v) is 4.11. The molecule has 0 spiro atoms. The van der Waals surface area contributed by atoms with Crippen molar-refractivity contribution in [2.75, 3.05) is 25.0 Å². The second-order valence-corrected chi connectivity index (χ2v) is 8.02. The van der Waals surface area contributed by atoms with Gasteiger partial charge in [-0.25, -0.2) is 4.79 Å². The lowest BCUT2D eigenvalue weighted by Gasteiger charge is -2.32. The first kappa shape index (κ1) is 21.1. The number of piperidine rings is 1. The van der Waals surface area contributed by atoms with Crippen LogP contribution in [0.4, 0.5) is 10.5 Å². The van der Waals surface area contributed by atoms with Crippen LogP contribution in [0.15, 0.2) is 30.3 Å². The maximum Gasteiger partial charge on any atom is 0.315 e. The lowest BCUT2D eigenvalue weighted by Crippen LogP contribution is -2.46. The van der Waals surface area contributed by atoms with Crippen molar-refractivity contribution in [2.45, 2.75) is 57.4 Å². The van der Waals surface area contributed by atoms with E-state index >= 15 is 0 Å². The van der Waals surface area contributed by atoms with Crippen LogP contribution in [0, 0.1) is 5.92 Å². The zero-order chi connectivity index (χ0) is 20.5. The first-order valence-corrected chi connectivity index (χ1v) is 10.8. The predicted octanol–water partition coefficient (Wildman–Crippen LogP) is 2.89. The average molecular weight is 401 g/mol. The SMILES string of the molecule is O=C(NCCC(=O)N1CCC[C@H](C(=O)Nc2ccccc2)C1)NC1CCCCC1. The molecule has 3 rings (SSSR count). The van der Waals surface area contributed by atoms with Crippen LogP contribution in [0.2, 0.25) is 0 Å². The van der Waals surface area contributed by atoms with Crippen LogP contribution in [0.3, 0.4) is 0 Å². The molecule has 1 saturated heterocycles. The third-order valence-corrected chi connectivity index (χ3v) is 5.75. The second kappa shape index (κ2) is 10.8. The molecule has 7 heteroatoms. The van der Waals surface area contributed by atoms with Crippen LogP contribution in [0.5, 0.6) is 0 Å². The number of para-hydroxylation sites is 1. The highest BCUT2D eigenvalue weighted by atomic mass is 16.2. The molecule has 0 bridgehead atoms. The van der Waals surface area contributed by atoms with E-state index in [9.17, 15) is 14.4 Å². The van der Waals surface area contributed by atoms with E-state index in [0.29, 0.717) is 19.6 Å². The number of carbonyl (C=O) groups excluding carboxylic acids is 3. The Bertz CT molecular complexity index is 689. The molecule has 2 fully saturated rings. The number of nitrogens with zero attached hydrogens (tertiary/aromatic N) is 1. The molecule has 1 saturated carbocycles. The maximum atomic E-state index is 12.5. The van der Waals surface area contributed by atoms with E-state index in [4.69, 9.17) is 0 Å². The quantitative estimate of drug-likeness (QED) is 0.686. The van der Waals surface area contributed by atoms with Gasteiger partial charge in [0.05, 0.1) is 5.92 Å². The third-order valence-electron chi connectivity index (χ3n) is 5.75. The molecule has 1 aromatic carbocycles. The fourth-order valence-electron chi connectivity index (χ4n) is 4.11. The van der Waals surface area contributed by atoms with Crippen molar-refractivity contribution in [3.05, 3.63) is 30.3 Å². The Morgan fingerprint density at radius 1 is 0.966 bits per heavy atom. The number of urea groups is 1. The van der Waals surface area contributed by atoms with E-state index in [2.05, 4.69) is 16.0 Å². The molecule has 0 unspecified atom stereocenters. The van der Waals surface area contributed by atoms with Crippen molar-refractivity contribution < 1.29 is 14.4 Å². The van der Waals surface area contributed by atoms with Gasteiger partial charge in [0.1, 0.15) is 0 Å². The maximum absolute atomic E-state index is 12.5. The minimum atomic E-state index is -0.199. The van der Waals surface area contributed by atoms with Crippen LogP contribution in [0.1, 0.15) is 51.4 Å². The number of anilines is 1. The van der Waals surface area contributed by atoms with Gasteiger partial charge in [0.25, 0.3) is 0 Å². The highest BCUT2D eigenvalue weighted by Gasteiger charge is 2.28. The first-order valence-electron chi connectivity index (χ1n) is 10.8. The predicted molar refractivity (Wildman–Crippen MR) is 112 cm³/mol. The number of benzene rings is 1. The van der Waals surface area contributed by atoms with Gasteiger partial charge in [0.15, 0.2) is 0 Å². The molecule has 158 valence electrons. The third kappa shape index (κ3) is 6.76. The largest absolute Gasteiger partial charge is 0.342 e. The Morgan fingerprint density at radius 3 is 2.48 bits per heavy atom. The molecule has 1 aliphatic carbocycles. The Labute approximate surface area is 172 Å². The fraction of sp³-hybridized carbons (Fsp3) is 0.591. The molecule has 4 amide bonds. The normalized spacial score (nSPS) is 20.0. The molecule has 1 aromatic rings. The van der Waals surface area contributed by atoms with Crippen molar-refractivity contribution in [1.29, 1.82) is 0 Å². The number of carbonyl (C=O) groups is 3. The van der Waals surface area contributed by atoms with E-state index in [1.165, 1.54) is 6.42 Å². The van der Waals surface area contributed by atoms with Crippen molar-refractivity contribution in [1.82, 2.24) is 15.5 Å². The summed E-state index contributed by atoms with van der Waals surface area (Å²) in [7, 11) is 0. The summed E-state index contributed by atoms with van der Waals surface area (Å²) in [4.78, 5) is 38.8. The van der Waals surface area contributed by atoms with Crippen molar-refractivity contribution >= 4 is 23.5 Å². The average Bonchev–Trinajstić information content (AvgIpc) is 2.75. The molecule has 29 heavy (non-hydrogen) atoms. The van der Waals surface area contributed by atoms with Gasteiger partial charge in [0.2, 0.25) is 11.8 Å². The summed E-state index contributed by atoms with van der Waals surface area (Å²) in [5.74, 6) is -0.255.